The lowest BCUT2D eigenvalue weighted by molar-refractivity contribution is -0.162. The number of hydrogen-bond donors (Lipinski definition) is 2. The minimum absolute atomic E-state index is 0.0108. The van der Waals surface area contributed by atoms with Crippen molar-refractivity contribution in [2.24, 2.45) is 0 Å². The fraction of sp³-hybridized carbons (Fsp3) is 0.417. The van der Waals surface area contributed by atoms with E-state index in [1.807, 2.05) is 4.72 Å². The molecular formula is C12H15F2NO5S. The van der Waals surface area contributed by atoms with Crippen LogP contribution in [0.4, 0.5) is 8.78 Å². The lowest BCUT2D eigenvalue weighted by atomic mass is 10.1. The first-order chi connectivity index (χ1) is 9.58. The van der Waals surface area contributed by atoms with Crippen LogP contribution in [0.1, 0.15) is 13.8 Å². The number of esters is 1. The second kappa shape index (κ2) is 6.46. The normalized spacial score (nSPS) is 14.5. The van der Waals surface area contributed by atoms with Gasteiger partial charge in [0.1, 0.15) is 11.6 Å². The van der Waals surface area contributed by atoms with Crippen LogP contribution >= 0.6 is 0 Å². The molecule has 1 aromatic rings. The molecule has 0 aliphatic heterocycles. The van der Waals surface area contributed by atoms with E-state index in [4.69, 9.17) is 0 Å². The van der Waals surface area contributed by atoms with Crippen LogP contribution in [0.3, 0.4) is 0 Å². The summed E-state index contributed by atoms with van der Waals surface area (Å²) in [5, 5.41) is 9.78. The van der Waals surface area contributed by atoms with Crippen LogP contribution in [0.2, 0.25) is 0 Å². The predicted molar refractivity (Wildman–Crippen MR) is 68.8 cm³/mol. The monoisotopic (exact) mass is 323 g/mol. The van der Waals surface area contributed by atoms with E-state index in [2.05, 4.69) is 4.74 Å². The van der Waals surface area contributed by atoms with Crippen molar-refractivity contribution in [3.63, 3.8) is 0 Å². The number of aliphatic hydroxyl groups is 1. The van der Waals surface area contributed by atoms with Crippen LogP contribution in [-0.4, -0.2) is 38.2 Å². The molecule has 0 fully saturated rings. The van der Waals surface area contributed by atoms with E-state index in [1.165, 1.54) is 6.92 Å². The molecule has 118 valence electrons. The van der Waals surface area contributed by atoms with Gasteiger partial charge in [0.05, 0.1) is 18.0 Å². The Hall–Kier alpha value is -1.58. The largest absolute Gasteiger partial charge is 0.464 e. The van der Waals surface area contributed by atoms with E-state index in [9.17, 15) is 27.1 Å². The van der Waals surface area contributed by atoms with Crippen LogP contribution in [0.15, 0.2) is 23.1 Å². The van der Waals surface area contributed by atoms with Gasteiger partial charge in [0, 0.05) is 6.07 Å². The molecule has 0 amide bonds. The molecule has 0 aromatic heterocycles. The highest BCUT2D eigenvalue weighted by molar-refractivity contribution is 7.89. The van der Waals surface area contributed by atoms with Crippen LogP contribution in [0.25, 0.3) is 0 Å². The van der Waals surface area contributed by atoms with Gasteiger partial charge in [-0.15, -0.1) is 0 Å². The molecule has 0 aliphatic carbocycles. The molecule has 2 N–H and O–H groups in total. The Kier molecular flexibility index (Phi) is 5.37. The fourth-order valence-corrected chi connectivity index (χ4v) is 2.53. The van der Waals surface area contributed by atoms with Crippen molar-refractivity contribution >= 4 is 16.0 Å². The molecule has 0 heterocycles. The summed E-state index contributed by atoms with van der Waals surface area (Å²) in [4.78, 5) is 10.7. The smallest absolute Gasteiger partial charge is 0.339 e. The fourth-order valence-electron chi connectivity index (χ4n) is 1.36. The molecule has 0 aliphatic rings. The van der Waals surface area contributed by atoms with Gasteiger partial charge in [0.2, 0.25) is 10.0 Å². The summed E-state index contributed by atoms with van der Waals surface area (Å²) in [7, 11) is -4.28. The standard InChI is InChI=1S/C12H15F2NO5S/c1-3-20-11(16)12(2,17)7-15-21(18,19)10-5-8(13)4-9(14)6-10/h4-6,15,17H,3,7H2,1-2H3/t12-/m1/s1. The number of ether oxygens (including phenoxy) is 1. The molecule has 0 radical (unpaired) electrons. The Morgan fingerprint density at radius 3 is 2.33 bits per heavy atom. The first-order valence-electron chi connectivity index (χ1n) is 5.94. The number of benzene rings is 1. The van der Waals surface area contributed by atoms with Crippen molar-refractivity contribution in [1.29, 1.82) is 0 Å². The average molecular weight is 323 g/mol. The molecule has 0 saturated heterocycles. The Morgan fingerprint density at radius 2 is 1.86 bits per heavy atom. The summed E-state index contributed by atoms with van der Waals surface area (Å²) >= 11 is 0. The molecule has 1 rings (SSSR count). The van der Waals surface area contributed by atoms with Gasteiger partial charge in [-0.1, -0.05) is 0 Å². The Balaban J connectivity index is 2.89. The first-order valence-corrected chi connectivity index (χ1v) is 7.42. The average Bonchev–Trinajstić information content (AvgIpc) is 2.36. The maximum Gasteiger partial charge on any atom is 0.339 e. The van der Waals surface area contributed by atoms with Crippen molar-refractivity contribution < 1.29 is 31.8 Å². The molecule has 9 heteroatoms. The molecule has 6 nitrogen and oxygen atoms in total. The van der Waals surface area contributed by atoms with Crippen molar-refractivity contribution in [3.05, 3.63) is 29.8 Å². The molecule has 21 heavy (non-hydrogen) atoms. The lowest BCUT2D eigenvalue weighted by Crippen LogP contribution is -2.47. The third-order valence-corrected chi connectivity index (χ3v) is 3.85. The second-order valence-electron chi connectivity index (χ2n) is 4.42. The topological polar surface area (TPSA) is 92.7 Å². The predicted octanol–water partition coefficient (Wildman–Crippen LogP) is 0.557. The molecule has 1 atom stereocenters. The van der Waals surface area contributed by atoms with Gasteiger partial charge in [0.15, 0.2) is 5.60 Å². The molecule has 0 unspecified atom stereocenters. The van der Waals surface area contributed by atoms with Crippen LogP contribution < -0.4 is 4.72 Å². The summed E-state index contributed by atoms with van der Waals surface area (Å²) in [6.07, 6.45) is 0. The van der Waals surface area contributed by atoms with Gasteiger partial charge < -0.3 is 9.84 Å². The van der Waals surface area contributed by atoms with Crippen molar-refractivity contribution in [2.75, 3.05) is 13.2 Å². The van der Waals surface area contributed by atoms with Gasteiger partial charge in [0.25, 0.3) is 0 Å². The second-order valence-corrected chi connectivity index (χ2v) is 6.19. The number of hydrogen-bond acceptors (Lipinski definition) is 5. The highest BCUT2D eigenvalue weighted by Gasteiger charge is 2.33. The molecule has 0 spiro atoms. The quantitative estimate of drug-likeness (QED) is 0.746. The zero-order chi connectivity index (χ0) is 16.3. The molecule has 0 bridgehead atoms. The third kappa shape index (κ3) is 4.73. The number of carbonyl (C=O) groups excluding carboxylic acids is 1. The number of rotatable bonds is 6. The van der Waals surface area contributed by atoms with Gasteiger partial charge in [-0.25, -0.2) is 26.7 Å². The Labute approximate surface area is 120 Å². The molecule has 1 aromatic carbocycles. The van der Waals surface area contributed by atoms with Gasteiger partial charge in [-0.05, 0) is 26.0 Å². The first kappa shape index (κ1) is 17.5. The lowest BCUT2D eigenvalue weighted by Gasteiger charge is -2.21. The molecule has 0 saturated carbocycles. The highest BCUT2D eigenvalue weighted by Crippen LogP contribution is 2.14. The maximum atomic E-state index is 13.0. The Bertz CT molecular complexity index is 610. The van der Waals surface area contributed by atoms with E-state index >= 15 is 0 Å². The van der Waals surface area contributed by atoms with Gasteiger partial charge >= 0.3 is 5.97 Å². The Morgan fingerprint density at radius 1 is 1.33 bits per heavy atom. The summed E-state index contributed by atoms with van der Waals surface area (Å²) in [5.41, 5.74) is -2.10. The van der Waals surface area contributed by atoms with Crippen molar-refractivity contribution in [3.8, 4) is 0 Å². The summed E-state index contributed by atoms with van der Waals surface area (Å²) in [6.45, 7) is 1.89. The van der Waals surface area contributed by atoms with E-state index in [0.717, 1.165) is 6.92 Å². The number of sulfonamides is 1. The van der Waals surface area contributed by atoms with Crippen molar-refractivity contribution in [2.45, 2.75) is 24.3 Å². The SMILES string of the molecule is CCOC(=O)[C@](C)(O)CNS(=O)(=O)c1cc(F)cc(F)c1. The van der Waals surface area contributed by atoms with Crippen LogP contribution in [0.5, 0.6) is 0 Å². The summed E-state index contributed by atoms with van der Waals surface area (Å²) < 4.78 is 56.2. The van der Waals surface area contributed by atoms with E-state index in [-0.39, 0.29) is 6.61 Å². The summed E-state index contributed by atoms with van der Waals surface area (Å²) in [5.74, 6) is -3.14. The third-order valence-electron chi connectivity index (χ3n) is 2.47. The number of carbonyl (C=O) groups is 1. The minimum Gasteiger partial charge on any atom is -0.464 e. The zero-order valence-electron chi connectivity index (χ0n) is 11.4. The van der Waals surface area contributed by atoms with Gasteiger partial charge in [-0.2, -0.15) is 0 Å². The van der Waals surface area contributed by atoms with E-state index in [1.54, 1.807) is 0 Å². The molecular weight excluding hydrogens is 308 g/mol. The van der Waals surface area contributed by atoms with E-state index in [0.29, 0.717) is 18.2 Å². The number of halogens is 2. The zero-order valence-corrected chi connectivity index (χ0v) is 12.2. The highest BCUT2D eigenvalue weighted by atomic mass is 32.2. The van der Waals surface area contributed by atoms with Gasteiger partial charge in [-0.3, -0.25) is 0 Å². The van der Waals surface area contributed by atoms with E-state index < -0.39 is 44.7 Å². The summed E-state index contributed by atoms with van der Waals surface area (Å²) in [6, 6.07) is 1.75. The van der Waals surface area contributed by atoms with Crippen LogP contribution in [-0.2, 0) is 19.6 Å². The van der Waals surface area contributed by atoms with Crippen LogP contribution in [0, 0.1) is 11.6 Å². The minimum atomic E-state index is -4.28. The maximum absolute atomic E-state index is 13.0. The van der Waals surface area contributed by atoms with Crippen molar-refractivity contribution in [1.82, 2.24) is 4.72 Å². The number of nitrogens with one attached hydrogen (secondary N) is 1.